The topological polar surface area (TPSA) is 94.6 Å². The second-order valence-electron chi connectivity index (χ2n) is 7.76. The summed E-state index contributed by atoms with van der Waals surface area (Å²) in [6, 6.07) is 15.7. The maximum absolute atomic E-state index is 11.6. The molecule has 0 saturated carbocycles. The van der Waals surface area contributed by atoms with Crippen molar-refractivity contribution in [2.75, 3.05) is 0 Å². The Morgan fingerprint density at radius 1 is 1.00 bits per heavy atom. The number of hydrogen-bond donors (Lipinski definition) is 1. The normalized spacial score (nSPS) is 14.0. The highest BCUT2D eigenvalue weighted by Gasteiger charge is 2.39. The standard InChI is InChI=1S/C21H22Br2N3O3PS/c1-21(2,3)30(17-10-12-25-13-11-17,29-20-9-4-15(22)14-19(20)23)26-16-5-7-18(8-6-16)31(24,27)28/h4-14H,1-3H3,(H2,24,27,28)/t30-/m1/s1. The van der Waals surface area contributed by atoms with E-state index in [0.29, 0.717) is 11.4 Å². The smallest absolute Gasteiger partial charge is 0.238 e. The molecule has 1 atom stereocenters. The first kappa shape index (κ1) is 24.1. The van der Waals surface area contributed by atoms with Crippen molar-refractivity contribution in [1.29, 1.82) is 0 Å². The van der Waals surface area contributed by atoms with Gasteiger partial charge >= 0.3 is 0 Å². The first-order valence-electron chi connectivity index (χ1n) is 9.23. The largest absolute Gasteiger partial charge is 0.454 e. The molecule has 164 valence electrons. The summed E-state index contributed by atoms with van der Waals surface area (Å²) >= 11 is 7.05. The molecule has 0 saturated heterocycles. The lowest BCUT2D eigenvalue weighted by molar-refractivity contribution is 0.568. The number of pyridine rings is 1. The summed E-state index contributed by atoms with van der Waals surface area (Å²) in [5.41, 5.74) is 0.598. The van der Waals surface area contributed by atoms with E-state index in [4.69, 9.17) is 14.4 Å². The van der Waals surface area contributed by atoms with Crippen molar-refractivity contribution in [2.24, 2.45) is 9.88 Å². The SMILES string of the molecule is CC(C)(C)[P@](=Nc1ccc(S(N)(=O)=O)cc1)(Oc1ccc(Br)cc1Br)c1ccncc1. The van der Waals surface area contributed by atoms with Crippen LogP contribution in [0.25, 0.3) is 0 Å². The Labute approximate surface area is 199 Å². The van der Waals surface area contributed by atoms with E-state index in [1.54, 1.807) is 24.5 Å². The van der Waals surface area contributed by atoms with Crippen LogP contribution in [0.5, 0.6) is 5.75 Å². The fourth-order valence-corrected chi connectivity index (χ4v) is 7.73. The van der Waals surface area contributed by atoms with E-state index in [-0.39, 0.29) is 10.1 Å². The van der Waals surface area contributed by atoms with Gasteiger partial charge in [-0.05, 0) is 70.5 Å². The van der Waals surface area contributed by atoms with Gasteiger partial charge in [-0.15, -0.1) is 0 Å². The highest BCUT2D eigenvalue weighted by atomic mass is 79.9. The molecular weight excluding hydrogens is 565 g/mol. The maximum Gasteiger partial charge on any atom is 0.238 e. The number of primary sulfonamides is 1. The van der Waals surface area contributed by atoms with Crippen LogP contribution in [0.3, 0.4) is 0 Å². The molecule has 1 aromatic heterocycles. The van der Waals surface area contributed by atoms with Crippen molar-refractivity contribution in [1.82, 2.24) is 4.98 Å². The average molecular weight is 587 g/mol. The molecule has 10 heteroatoms. The van der Waals surface area contributed by atoms with E-state index in [2.05, 4.69) is 57.6 Å². The lowest BCUT2D eigenvalue weighted by atomic mass is 10.3. The minimum Gasteiger partial charge on any atom is -0.454 e. The summed E-state index contributed by atoms with van der Waals surface area (Å²) < 4.78 is 36.8. The first-order chi connectivity index (χ1) is 14.4. The number of hydrogen-bond acceptors (Lipinski definition) is 5. The van der Waals surface area contributed by atoms with Crippen molar-refractivity contribution >= 4 is 60.2 Å². The summed E-state index contributed by atoms with van der Waals surface area (Å²) in [5.74, 6) is 0.660. The number of rotatable bonds is 5. The lowest BCUT2D eigenvalue weighted by Crippen LogP contribution is -2.27. The molecule has 2 aromatic carbocycles. The van der Waals surface area contributed by atoms with Crippen molar-refractivity contribution in [3.8, 4) is 5.75 Å². The molecule has 0 amide bonds. The second kappa shape index (κ2) is 9.16. The Hall–Kier alpha value is -1.51. The zero-order valence-electron chi connectivity index (χ0n) is 17.2. The molecule has 0 radical (unpaired) electrons. The highest BCUT2D eigenvalue weighted by molar-refractivity contribution is 9.11. The number of benzene rings is 2. The zero-order chi connectivity index (χ0) is 22.9. The summed E-state index contributed by atoms with van der Waals surface area (Å²) in [5, 5.41) is 5.76. The summed E-state index contributed by atoms with van der Waals surface area (Å²) in [4.78, 5) is 4.18. The van der Waals surface area contributed by atoms with Crippen LogP contribution < -0.4 is 15.0 Å². The minimum absolute atomic E-state index is 0.0339. The Bertz CT molecular complexity index is 1240. The van der Waals surface area contributed by atoms with Gasteiger partial charge in [0.1, 0.15) is 5.75 Å². The van der Waals surface area contributed by atoms with Gasteiger partial charge in [0.25, 0.3) is 0 Å². The molecule has 0 aliphatic carbocycles. The fourth-order valence-electron chi connectivity index (χ4n) is 2.91. The molecule has 0 aliphatic rings. The number of nitrogens with two attached hydrogens (primary N) is 1. The van der Waals surface area contributed by atoms with Crippen LogP contribution in [0.2, 0.25) is 0 Å². The monoisotopic (exact) mass is 585 g/mol. The number of sulfonamides is 1. The van der Waals surface area contributed by atoms with E-state index >= 15 is 0 Å². The highest BCUT2D eigenvalue weighted by Crippen LogP contribution is 2.62. The molecule has 0 bridgehead atoms. The molecule has 31 heavy (non-hydrogen) atoms. The first-order valence-corrected chi connectivity index (χ1v) is 14.0. The maximum atomic E-state index is 11.6. The number of nitrogens with zero attached hydrogens (tertiary/aromatic N) is 2. The predicted molar refractivity (Wildman–Crippen MR) is 133 cm³/mol. The van der Waals surface area contributed by atoms with Crippen LogP contribution >= 0.6 is 39.1 Å². The van der Waals surface area contributed by atoms with Crippen LogP contribution in [0, 0.1) is 0 Å². The van der Waals surface area contributed by atoms with Crippen molar-refractivity contribution < 1.29 is 12.9 Å². The van der Waals surface area contributed by atoms with Crippen LogP contribution in [0.15, 0.2) is 85.6 Å². The molecule has 0 spiro atoms. The predicted octanol–water partition coefficient (Wildman–Crippen LogP) is 6.20. The number of aromatic nitrogens is 1. The van der Waals surface area contributed by atoms with Gasteiger partial charge in [0.2, 0.25) is 10.0 Å². The number of halogens is 2. The zero-order valence-corrected chi connectivity index (χ0v) is 22.0. The van der Waals surface area contributed by atoms with Gasteiger partial charge in [-0.3, -0.25) is 4.98 Å². The molecule has 3 aromatic rings. The Morgan fingerprint density at radius 3 is 2.13 bits per heavy atom. The van der Waals surface area contributed by atoms with Crippen LogP contribution in [-0.2, 0) is 10.0 Å². The van der Waals surface area contributed by atoms with Gasteiger partial charge in [-0.25, -0.2) is 18.3 Å². The molecular formula is C21H22Br2N3O3PS. The van der Waals surface area contributed by atoms with E-state index in [0.717, 1.165) is 14.2 Å². The molecule has 3 rings (SSSR count). The van der Waals surface area contributed by atoms with E-state index in [1.807, 2.05) is 30.3 Å². The fraction of sp³-hybridized carbons (Fsp3) is 0.190. The summed E-state index contributed by atoms with van der Waals surface area (Å²) in [7, 11) is -6.50. The third kappa shape index (κ3) is 5.46. The third-order valence-corrected chi connectivity index (χ3v) is 10.3. The van der Waals surface area contributed by atoms with E-state index in [1.165, 1.54) is 12.1 Å². The van der Waals surface area contributed by atoms with Crippen molar-refractivity contribution in [3.05, 3.63) is 75.9 Å². The molecule has 0 aliphatic heterocycles. The van der Waals surface area contributed by atoms with Crippen molar-refractivity contribution in [3.63, 3.8) is 0 Å². The van der Waals surface area contributed by atoms with Crippen molar-refractivity contribution in [2.45, 2.75) is 30.8 Å². The van der Waals surface area contributed by atoms with E-state index in [9.17, 15) is 8.42 Å². The minimum atomic E-state index is -3.78. The van der Waals surface area contributed by atoms with Gasteiger partial charge < -0.3 is 4.52 Å². The summed E-state index contributed by atoms with van der Waals surface area (Å²) in [6.07, 6.45) is 3.44. The molecule has 1 heterocycles. The molecule has 2 N–H and O–H groups in total. The van der Waals surface area contributed by atoms with Gasteiger partial charge in [0.15, 0.2) is 7.28 Å². The quantitative estimate of drug-likeness (QED) is 0.360. The van der Waals surface area contributed by atoms with Gasteiger partial charge in [-0.1, -0.05) is 36.7 Å². The van der Waals surface area contributed by atoms with Crippen LogP contribution in [0.1, 0.15) is 20.8 Å². The summed E-state index contributed by atoms with van der Waals surface area (Å²) in [6.45, 7) is 6.24. The molecule has 0 fully saturated rings. The van der Waals surface area contributed by atoms with Gasteiger partial charge in [0.05, 0.1) is 15.1 Å². The van der Waals surface area contributed by atoms with Crippen LogP contribution in [-0.4, -0.2) is 18.6 Å². The Kier molecular flexibility index (Phi) is 7.13. The molecule has 0 unspecified atom stereocenters. The van der Waals surface area contributed by atoms with Gasteiger partial charge in [-0.2, -0.15) is 0 Å². The third-order valence-electron chi connectivity index (χ3n) is 4.47. The average Bonchev–Trinajstić information content (AvgIpc) is 2.69. The second-order valence-corrected chi connectivity index (χ2v) is 14.5. The van der Waals surface area contributed by atoms with Gasteiger partial charge in [0, 0.05) is 27.3 Å². The Morgan fingerprint density at radius 2 is 1.61 bits per heavy atom. The Balaban J connectivity index is 2.28. The van der Waals surface area contributed by atoms with Crippen LogP contribution in [0.4, 0.5) is 5.69 Å². The lowest BCUT2D eigenvalue weighted by Gasteiger charge is -2.37. The van der Waals surface area contributed by atoms with E-state index < -0.39 is 17.3 Å². The molecule has 6 nitrogen and oxygen atoms in total.